The first kappa shape index (κ1) is 18.0. The van der Waals surface area contributed by atoms with Crippen molar-refractivity contribution in [2.75, 3.05) is 32.8 Å². The van der Waals surface area contributed by atoms with Gasteiger partial charge in [0.15, 0.2) is 0 Å². The van der Waals surface area contributed by atoms with E-state index in [0.717, 1.165) is 38.4 Å². The standard InChI is InChI=1S/C18H32N2O/c1-4-20(5-2)15-9-11-17(3)19-14-10-16-21-18-12-7-6-8-13-18/h6-8,12-13,17,19H,4-5,9-11,14-16H2,1-3H3. The third-order valence-corrected chi connectivity index (χ3v) is 3.83. The Morgan fingerprint density at radius 2 is 1.81 bits per heavy atom. The highest BCUT2D eigenvalue weighted by Crippen LogP contribution is 2.08. The van der Waals surface area contributed by atoms with Gasteiger partial charge in [-0.1, -0.05) is 32.0 Å². The highest BCUT2D eigenvalue weighted by molar-refractivity contribution is 5.20. The van der Waals surface area contributed by atoms with E-state index in [0.29, 0.717) is 6.04 Å². The van der Waals surface area contributed by atoms with Crippen molar-refractivity contribution in [3.05, 3.63) is 30.3 Å². The van der Waals surface area contributed by atoms with E-state index in [1.54, 1.807) is 0 Å². The predicted octanol–water partition coefficient (Wildman–Crippen LogP) is 3.56. The number of hydrogen-bond donors (Lipinski definition) is 1. The quantitative estimate of drug-likeness (QED) is 0.596. The lowest BCUT2D eigenvalue weighted by molar-refractivity contribution is 0.286. The zero-order valence-electron chi connectivity index (χ0n) is 14.0. The number of nitrogens with zero attached hydrogens (tertiary/aromatic N) is 1. The van der Waals surface area contributed by atoms with Crippen molar-refractivity contribution in [2.45, 2.75) is 46.1 Å². The zero-order chi connectivity index (χ0) is 15.3. The van der Waals surface area contributed by atoms with Crippen LogP contribution in [0.5, 0.6) is 5.75 Å². The van der Waals surface area contributed by atoms with Gasteiger partial charge in [-0.25, -0.2) is 0 Å². The minimum Gasteiger partial charge on any atom is -0.494 e. The molecule has 0 aliphatic rings. The molecule has 0 fully saturated rings. The molecule has 0 radical (unpaired) electrons. The summed E-state index contributed by atoms with van der Waals surface area (Å²) in [5.74, 6) is 0.963. The fourth-order valence-corrected chi connectivity index (χ4v) is 2.39. The summed E-state index contributed by atoms with van der Waals surface area (Å²) >= 11 is 0. The van der Waals surface area contributed by atoms with Gasteiger partial charge in [-0.2, -0.15) is 0 Å². The second-order valence-electron chi connectivity index (χ2n) is 5.54. The van der Waals surface area contributed by atoms with E-state index in [9.17, 15) is 0 Å². The molecule has 3 heteroatoms. The van der Waals surface area contributed by atoms with Crippen LogP contribution >= 0.6 is 0 Å². The molecule has 1 atom stereocenters. The van der Waals surface area contributed by atoms with Gasteiger partial charge in [-0.15, -0.1) is 0 Å². The number of rotatable bonds is 12. The molecule has 3 nitrogen and oxygen atoms in total. The lowest BCUT2D eigenvalue weighted by Crippen LogP contribution is -2.30. The molecule has 1 aromatic carbocycles. The Hall–Kier alpha value is -1.06. The molecule has 0 aliphatic heterocycles. The van der Waals surface area contributed by atoms with Crippen molar-refractivity contribution >= 4 is 0 Å². The fourth-order valence-electron chi connectivity index (χ4n) is 2.39. The maximum absolute atomic E-state index is 5.68. The average molecular weight is 292 g/mol. The number of hydrogen-bond acceptors (Lipinski definition) is 3. The van der Waals surface area contributed by atoms with E-state index in [2.05, 4.69) is 31.0 Å². The van der Waals surface area contributed by atoms with Gasteiger partial charge < -0.3 is 15.0 Å². The van der Waals surface area contributed by atoms with Crippen LogP contribution in [0, 0.1) is 0 Å². The molecular formula is C18H32N2O. The summed E-state index contributed by atoms with van der Waals surface area (Å²) in [5, 5.41) is 3.58. The van der Waals surface area contributed by atoms with Crippen molar-refractivity contribution in [1.29, 1.82) is 0 Å². The monoisotopic (exact) mass is 292 g/mol. The first-order chi connectivity index (χ1) is 10.3. The van der Waals surface area contributed by atoms with Gasteiger partial charge >= 0.3 is 0 Å². The van der Waals surface area contributed by atoms with Crippen molar-refractivity contribution in [2.24, 2.45) is 0 Å². The van der Waals surface area contributed by atoms with Crippen LogP contribution in [0.25, 0.3) is 0 Å². The first-order valence-corrected chi connectivity index (χ1v) is 8.39. The number of para-hydroxylation sites is 1. The van der Waals surface area contributed by atoms with Crippen molar-refractivity contribution in [1.82, 2.24) is 10.2 Å². The SMILES string of the molecule is CCN(CC)CCCC(C)NCCCOc1ccccc1. The Bertz CT molecular complexity index is 338. The van der Waals surface area contributed by atoms with Crippen LogP contribution in [0.3, 0.4) is 0 Å². The summed E-state index contributed by atoms with van der Waals surface area (Å²) in [7, 11) is 0. The van der Waals surface area contributed by atoms with E-state index >= 15 is 0 Å². The average Bonchev–Trinajstić information content (AvgIpc) is 2.52. The van der Waals surface area contributed by atoms with Crippen LogP contribution in [0.4, 0.5) is 0 Å². The molecule has 1 rings (SSSR count). The number of ether oxygens (including phenoxy) is 1. The minimum atomic E-state index is 0.595. The Labute approximate surface area is 130 Å². The molecule has 0 bridgehead atoms. The molecule has 0 saturated heterocycles. The van der Waals surface area contributed by atoms with Gasteiger partial charge in [-0.3, -0.25) is 0 Å². The Morgan fingerprint density at radius 1 is 1.10 bits per heavy atom. The third-order valence-electron chi connectivity index (χ3n) is 3.83. The van der Waals surface area contributed by atoms with Crippen LogP contribution in [-0.2, 0) is 0 Å². The van der Waals surface area contributed by atoms with Gasteiger partial charge in [-0.05, 0) is 64.5 Å². The molecule has 0 amide bonds. The predicted molar refractivity (Wildman–Crippen MR) is 91.0 cm³/mol. The summed E-state index contributed by atoms with van der Waals surface area (Å²) in [4.78, 5) is 2.49. The largest absolute Gasteiger partial charge is 0.494 e. The smallest absolute Gasteiger partial charge is 0.119 e. The van der Waals surface area contributed by atoms with Crippen LogP contribution in [0.15, 0.2) is 30.3 Å². The van der Waals surface area contributed by atoms with Crippen molar-refractivity contribution in [3.8, 4) is 5.75 Å². The lowest BCUT2D eigenvalue weighted by atomic mass is 10.1. The number of benzene rings is 1. The molecule has 0 spiro atoms. The molecule has 21 heavy (non-hydrogen) atoms. The molecule has 0 heterocycles. The molecule has 0 aliphatic carbocycles. The van der Waals surface area contributed by atoms with Crippen LogP contribution in [0.2, 0.25) is 0 Å². The topological polar surface area (TPSA) is 24.5 Å². The maximum atomic E-state index is 5.68. The second kappa shape index (κ2) is 11.6. The van der Waals surface area contributed by atoms with E-state index in [1.807, 2.05) is 30.3 Å². The molecular weight excluding hydrogens is 260 g/mol. The maximum Gasteiger partial charge on any atom is 0.119 e. The van der Waals surface area contributed by atoms with Crippen molar-refractivity contribution < 1.29 is 4.74 Å². The zero-order valence-corrected chi connectivity index (χ0v) is 14.0. The Kier molecular flexibility index (Phi) is 9.92. The van der Waals surface area contributed by atoms with Crippen LogP contribution < -0.4 is 10.1 Å². The summed E-state index contributed by atoms with van der Waals surface area (Å²) < 4.78 is 5.68. The van der Waals surface area contributed by atoms with Gasteiger partial charge in [0.2, 0.25) is 0 Å². The highest BCUT2D eigenvalue weighted by Gasteiger charge is 2.03. The highest BCUT2D eigenvalue weighted by atomic mass is 16.5. The van der Waals surface area contributed by atoms with Gasteiger partial charge in [0, 0.05) is 6.04 Å². The molecule has 120 valence electrons. The van der Waals surface area contributed by atoms with E-state index in [1.165, 1.54) is 19.4 Å². The molecule has 1 N–H and O–H groups in total. The Balaban J connectivity index is 1.97. The normalized spacial score (nSPS) is 12.6. The molecule has 0 aromatic heterocycles. The summed E-state index contributed by atoms with van der Waals surface area (Å²) in [5.41, 5.74) is 0. The summed E-state index contributed by atoms with van der Waals surface area (Å²) in [6.45, 7) is 12.1. The van der Waals surface area contributed by atoms with Gasteiger partial charge in [0.05, 0.1) is 6.61 Å². The van der Waals surface area contributed by atoms with E-state index < -0.39 is 0 Å². The van der Waals surface area contributed by atoms with Crippen LogP contribution in [-0.4, -0.2) is 43.7 Å². The van der Waals surface area contributed by atoms with Gasteiger partial charge in [0.1, 0.15) is 5.75 Å². The summed E-state index contributed by atoms with van der Waals surface area (Å²) in [6, 6.07) is 10.6. The molecule has 0 saturated carbocycles. The van der Waals surface area contributed by atoms with E-state index in [4.69, 9.17) is 4.74 Å². The van der Waals surface area contributed by atoms with Crippen LogP contribution in [0.1, 0.15) is 40.0 Å². The molecule has 1 aromatic rings. The first-order valence-electron chi connectivity index (χ1n) is 8.39. The van der Waals surface area contributed by atoms with Crippen molar-refractivity contribution in [3.63, 3.8) is 0 Å². The lowest BCUT2D eigenvalue weighted by Gasteiger charge is -2.19. The summed E-state index contributed by atoms with van der Waals surface area (Å²) in [6.07, 6.45) is 3.57. The molecule has 1 unspecified atom stereocenters. The Morgan fingerprint density at radius 3 is 2.48 bits per heavy atom. The number of nitrogens with one attached hydrogen (secondary N) is 1. The minimum absolute atomic E-state index is 0.595. The second-order valence-corrected chi connectivity index (χ2v) is 5.54. The fraction of sp³-hybridized carbons (Fsp3) is 0.667. The van der Waals surface area contributed by atoms with E-state index in [-0.39, 0.29) is 0 Å². The van der Waals surface area contributed by atoms with Gasteiger partial charge in [0.25, 0.3) is 0 Å². The third kappa shape index (κ3) is 8.74.